The van der Waals surface area contributed by atoms with Gasteiger partial charge in [-0.25, -0.2) is 4.79 Å². The molecular formula is C7H13N3O2. The van der Waals surface area contributed by atoms with Gasteiger partial charge in [0.2, 0.25) is 6.35 Å². The number of urea groups is 1. The van der Waals surface area contributed by atoms with E-state index in [0.717, 1.165) is 0 Å². The number of carbonyl (C=O) groups is 1. The second kappa shape index (κ2) is 2.67. The second-order valence-electron chi connectivity index (χ2n) is 2.83. The smallest absolute Gasteiger partial charge is 0.328 e. The van der Waals surface area contributed by atoms with E-state index < -0.39 is 6.35 Å². The Hall–Kier alpha value is -1.23. The molecule has 1 atom stereocenters. The number of rotatable bonds is 0. The summed E-state index contributed by atoms with van der Waals surface area (Å²) >= 11 is 0. The van der Waals surface area contributed by atoms with Crippen LogP contribution < -0.4 is 0 Å². The fourth-order valence-electron chi connectivity index (χ4n) is 1.08. The summed E-state index contributed by atoms with van der Waals surface area (Å²) in [4.78, 5) is 15.4. The van der Waals surface area contributed by atoms with Crippen LogP contribution in [0, 0.1) is 0 Å². The van der Waals surface area contributed by atoms with E-state index in [9.17, 15) is 9.90 Å². The molecule has 0 bridgehead atoms. The molecule has 1 fully saturated rings. The molecule has 0 radical (unpaired) electrons. The highest BCUT2D eigenvalue weighted by molar-refractivity contribution is 5.76. The number of amides is 2. The molecule has 0 saturated carbocycles. The lowest BCUT2D eigenvalue weighted by molar-refractivity contribution is -0.0844. The third kappa shape index (κ3) is 1.02. The lowest BCUT2D eigenvalue weighted by Crippen LogP contribution is -2.58. The summed E-state index contributed by atoms with van der Waals surface area (Å²) in [5.41, 5.74) is 0. The Bertz CT molecular complexity index is 207. The van der Waals surface area contributed by atoms with E-state index in [1.807, 2.05) is 0 Å². The first-order valence-corrected chi connectivity index (χ1v) is 3.57. The average Bonchev–Trinajstić information content (AvgIpc) is 2.08. The summed E-state index contributed by atoms with van der Waals surface area (Å²) in [7, 11) is 4.82. The van der Waals surface area contributed by atoms with E-state index in [1.54, 1.807) is 14.1 Å². The minimum absolute atomic E-state index is 0.259. The zero-order valence-corrected chi connectivity index (χ0v) is 7.48. The van der Waals surface area contributed by atoms with Gasteiger partial charge < -0.3 is 10.0 Å². The highest BCUT2D eigenvalue weighted by Crippen LogP contribution is 2.17. The summed E-state index contributed by atoms with van der Waals surface area (Å²) in [6.07, 6.45) is -0.916. The van der Waals surface area contributed by atoms with Gasteiger partial charge in [0, 0.05) is 21.1 Å². The summed E-state index contributed by atoms with van der Waals surface area (Å²) in [5.74, 6) is 0.491. The molecule has 0 aliphatic carbocycles. The van der Waals surface area contributed by atoms with Gasteiger partial charge in [-0.05, 0) is 0 Å². The van der Waals surface area contributed by atoms with Crippen LogP contribution >= 0.6 is 0 Å². The molecule has 12 heavy (non-hydrogen) atoms. The van der Waals surface area contributed by atoms with Crippen molar-refractivity contribution in [3.8, 4) is 0 Å². The van der Waals surface area contributed by atoms with Gasteiger partial charge in [0.25, 0.3) is 0 Å². The Morgan fingerprint density at radius 1 is 1.33 bits per heavy atom. The van der Waals surface area contributed by atoms with E-state index >= 15 is 0 Å². The van der Waals surface area contributed by atoms with Crippen LogP contribution in [0.25, 0.3) is 0 Å². The number of nitrogens with zero attached hydrogens (tertiary/aromatic N) is 3. The molecule has 2 amide bonds. The molecule has 1 heterocycles. The number of hydrogen-bond acceptors (Lipinski definition) is 3. The van der Waals surface area contributed by atoms with Crippen LogP contribution in [-0.2, 0) is 0 Å². The number of aliphatic hydroxyl groups excluding tert-OH is 1. The molecule has 1 aliphatic rings. The molecule has 68 valence electrons. The highest BCUT2D eigenvalue weighted by atomic mass is 16.3. The fourth-order valence-corrected chi connectivity index (χ4v) is 1.08. The van der Waals surface area contributed by atoms with Crippen LogP contribution in [0.5, 0.6) is 0 Å². The van der Waals surface area contributed by atoms with Crippen molar-refractivity contribution in [3.63, 3.8) is 0 Å². The lowest BCUT2D eigenvalue weighted by Gasteiger charge is -2.43. The van der Waals surface area contributed by atoms with Crippen LogP contribution in [0.1, 0.15) is 0 Å². The van der Waals surface area contributed by atoms with Gasteiger partial charge in [-0.15, -0.1) is 0 Å². The van der Waals surface area contributed by atoms with Crippen molar-refractivity contribution in [2.24, 2.45) is 0 Å². The monoisotopic (exact) mass is 171 g/mol. The van der Waals surface area contributed by atoms with Crippen molar-refractivity contribution in [2.45, 2.75) is 6.35 Å². The van der Waals surface area contributed by atoms with Crippen LogP contribution in [0.15, 0.2) is 12.4 Å². The zero-order chi connectivity index (χ0) is 9.46. The Labute approximate surface area is 71.5 Å². The molecule has 1 saturated heterocycles. The third-order valence-corrected chi connectivity index (χ3v) is 2.08. The van der Waals surface area contributed by atoms with Gasteiger partial charge in [0.05, 0.1) is 0 Å². The van der Waals surface area contributed by atoms with Crippen molar-refractivity contribution >= 4 is 6.03 Å². The van der Waals surface area contributed by atoms with Crippen LogP contribution in [0.4, 0.5) is 4.79 Å². The fraction of sp³-hybridized carbons (Fsp3) is 0.571. The van der Waals surface area contributed by atoms with Crippen LogP contribution in [0.3, 0.4) is 0 Å². The molecule has 0 aromatic rings. The van der Waals surface area contributed by atoms with Crippen molar-refractivity contribution in [1.82, 2.24) is 14.7 Å². The standard InChI is InChI=1S/C7H13N3O2/c1-5-8(2)6(11)10(4)7(12)9(5)3/h6,11H,1H2,2-4H3. The predicted molar refractivity (Wildman–Crippen MR) is 43.8 cm³/mol. The van der Waals surface area contributed by atoms with Crippen LogP contribution in [-0.4, -0.2) is 53.3 Å². The molecule has 1 unspecified atom stereocenters. The van der Waals surface area contributed by atoms with E-state index in [-0.39, 0.29) is 6.03 Å². The van der Waals surface area contributed by atoms with E-state index in [0.29, 0.717) is 5.82 Å². The highest BCUT2D eigenvalue weighted by Gasteiger charge is 2.33. The Kier molecular flexibility index (Phi) is 1.97. The molecule has 1 N–H and O–H groups in total. The van der Waals surface area contributed by atoms with Gasteiger partial charge in [-0.2, -0.15) is 0 Å². The first-order chi connectivity index (χ1) is 5.46. The van der Waals surface area contributed by atoms with Gasteiger partial charge in [0.15, 0.2) is 0 Å². The topological polar surface area (TPSA) is 47.0 Å². The van der Waals surface area contributed by atoms with Gasteiger partial charge in [-0.1, -0.05) is 6.58 Å². The molecule has 0 spiro atoms. The van der Waals surface area contributed by atoms with E-state index in [4.69, 9.17) is 0 Å². The number of hydrogen-bond donors (Lipinski definition) is 1. The summed E-state index contributed by atoms with van der Waals surface area (Å²) in [6, 6.07) is -0.259. The van der Waals surface area contributed by atoms with Crippen molar-refractivity contribution < 1.29 is 9.90 Å². The van der Waals surface area contributed by atoms with Gasteiger partial charge in [0.1, 0.15) is 5.82 Å². The maximum Gasteiger partial charge on any atom is 0.328 e. The average molecular weight is 171 g/mol. The number of carbonyl (C=O) groups excluding carboxylic acids is 1. The summed E-state index contributed by atoms with van der Waals surface area (Å²) in [6.45, 7) is 3.66. The molecule has 1 aliphatic heterocycles. The maximum atomic E-state index is 11.3. The Morgan fingerprint density at radius 3 is 2.33 bits per heavy atom. The molecular weight excluding hydrogens is 158 g/mol. The SMILES string of the molecule is C=C1N(C)C(=O)N(C)C(O)N1C. The van der Waals surface area contributed by atoms with Crippen molar-refractivity contribution in [2.75, 3.05) is 21.1 Å². The Morgan fingerprint density at radius 2 is 1.83 bits per heavy atom. The predicted octanol–water partition coefficient (Wildman–Crippen LogP) is -0.338. The second-order valence-corrected chi connectivity index (χ2v) is 2.83. The quantitative estimate of drug-likeness (QED) is 0.542. The molecule has 0 aromatic heterocycles. The normalized spacial score (nSPS) is 25.3. The van der Waals surface area contributed by atoms with Gasteiger partial charge in [-0.3, -0.25) is 9.80 Å². The minimum atomic E-state index is -0.916. The van der Waals surface area contributed by atoms with Crippen molar-refractivity contribution in [3.05, 3.63) is 12.4 Å². The summed E-state index contributed by atoms with van der Waals surface area (Å²) < 4.78 is 0. The number of aliphatic hydroxyl groups is 1. The molecule has 0 aromatic carbocycles. The van der Waals surface area contributed by atoms with Crippen molar-refractivity contribution in [1.29, 1.82) is 0 Å². The largest absolute Gasteiger partial charge is 0.356 e. The zero-order valence-electron chi connectivity index (χ0n) is 7.48. The first-order valence-electron chi connectivity index (χ1n) is 3.57. The molecule has 5 heteroatoms. The van der Waals surface area contributed by atoms with Gasteiger partial charge >= 0.3 is 6.03 Å². The lowest BCUT2D eigenvalue weighted by atomic mass is 10.4. The summed E-state index contributed by atoms with van der Waals surface area (Å²) in [5, 5.41) is 9.45. The molecule has 5 nitrogen and oxygen atoms in total. The van der Waals surface area contributed by atoms with Crippen LogP contribution in [0.2, 0.25) is 0 Å². The van der Waals surface area contributed by atoms with E-state index in [1.165, 1.54) is 21.7 Å². The Balaban J connectivity index is 2.91. The first kappa shape index (κ1) is 8.86. The third-order valence-electron chi connectivity index (χ3n) is 2.08. The molecule has 1 rings (SSSR count). The minimum Gasteiger partial charge on any atom is -0.356 e. The maximum absolute atomic E-state index is 11.3. The van der Waals surface area contributed by atoms with E-state index in [2.05, 4.69) is 6.58 Å².